The molecule has 1 aromatic rings. The lowest BCUT2D eigenvalue weighted by molar-refractivity contribution is 0.137. The molecular weight excluding hydrogens is 236 g/mol. The van der Waals surface area contributed by atoms with Crippen LogP contribution in [-0.4, -0.2) is 25.8 Å². The molecule has 0 saturated carbocycles. The van der Waals surface area contributed by atoms with Crippen LogP contribution in [-0.2, 0) is 11.2 Å². The maximum Gasteiger partial charge on any atom is 0.129 e. The SMILES string of the molecule is Cc1cc(CCOCCNC(C)C)c(F)cc1F. The number of ether oxygens (including phenoxy) is 1. The van der Waals surface area contributed by atoms with E-state index in [1.54, 1.807) is 13.0 Å². The highest BCUT2D eigenvalue weighted by atomic mass is 19.1. The molecule has 1 N–H and O–H groups in total. The van der Waals surface area contributed by atoms with Crippen molar-refractivity contribution in [2.24, 2.45) is 0 Å². The van der Waals surface area contributed by atoms with Gasteiger partial charge in [0.2, 0.25) is 0 Å². The molecule has 2 nitrogen and oxygen atoms in total. The number of rotatable bonds is 7. The number of halogens is 2. The van der Waals surface area contributed by atoms with Crippen LogP contribution in [0, 0.1) is 18.6 Å². The van der Waals surface area contributed by atoms with Crippen molar-refractivity contribution in [3.05, 3.63) is 34.9 Å². The Balaban J connectivity index is 2.29. The summed E-state index contributed by atoms with van der Waals surface area (Å²) in [6.45, 7) is 7.59. The largest absolute Gasteiger partial charge is 0.380 e. The molecule has 0 aliphatic rings. The second kappa shape index (κ2) is 7.44. The maximum absolute atomic E-state index is 13.4. The average Bonchev–Trinajstić information content (AvgIpc) is 2.29. The number of hydrogen-bond acceptors (Lipinski definition) is 2. The average molecular weight is 257 g/mol. The van der Waals surface area contributed by atoms with Crippen LogP contribution in [0.3, 0.4) is 0 Å². The van der Waals surface area contributed by atoms with Gasteiger partial charge in [0.15, 0.2) is 0 Å². The molecule has 1 aromatic carbocycles. The summed E-state index contributed by atoms with van der Waals surface area (Å²) in [5, 5.41) is 3.22. The van der Waals surface area contributed by atoms with Gasteiger partial charge < -0.3 is 10.1 Å². The predicted octanol–water partition coefficient (Wildman–Crippen LogP) is 2.83. The van der Waals surface area contributed by atoms with E-state index in [0.717, 1.165) is 12.6 Å². The van der Waals surface area contributed by atoms with E-state index in [2.05, 4.69) is 19.2 Å². The Morgan fingerprint density at radius 2 is 1.89 bits per heavy atom. The minimum absolute atomic E-state index is 0.436. The van der Waals surface area contributed by atoms with E-state index in [1.165, 1.54) is 0 Å². The van der Waals surface area contributed by atoms with Crippen LogP contribution in [0.25, 0.3) is 0 Å². The zero-order valence-electron chi connectivity index (χ0n) is 11.2. The molecular formula is C14H21F2NO. The fourth-order valence-electron chi connectivity index (χ4n) is 1.61. The highest BCUT2D eigenvalue weighted by Gasteiger charge is 2.06. The van der Waals surface area contributed by atoms with Crippen LogP contribution in [0.1, 0.15) is 25.0 Å². The summed E-state index contributed by atoms with van der Waals surface area (Å²) >= 11 is 0. The van der Waals surface area contributed by atoms with Gasteiger partial charge >= 0.3 is 0 Å². The number of aryl methyl sites for hydroxylation is 1. The van der Waals surface area contributed by atoms with Gasteiger partial charge in [0.25, 0.3) is 0 Å². The Hall–Kier alpha value is -1.00. The molecule has 0 radical (unpaired) electrons. The first-order chi connectivity index (χ1) is 8.50. The van der Waals surface area contributed by atoms with Crippen molar-refractivity contribution in [2.75, 3.05) is 19.8 Å². The quantitative estimate of drug-likeness (QED) is 0.758. The molecule has 0 aromatic heterocycles. The van der Waals surface area contributed by atoms with Crippen LogP contribution >= 0.6 is 0 Å². The van der Waals surface area contributed by atoms with Crippen molar-refractivity contribution < 1.29 is 13.5 Å². The molecule has 0 aliphatic carbocycles. The van der Waals surface area contributed by atoms with E-state index in [4.69, 9.17) is 4.74 Å². The molecule has 0 bridgehead atoms. The third-order valence-electron chi connectivity index (χ3n) is 2.64. The molecule has 0 saturated heterocycles. The first kappa shape index (κ1) is 15.1. The van der Waals surface area contributed by atoms with Crippen LogP contribution in [0.4, 0.5) is 8.78 Å². The highest BCUT2D eigenvalue weighted by Crippen LogP contribution is 2.14. The monoisotopic (exact) mass is 257 g/mol. The van der Waals surface area contributed by atoms with Gasteiger partial charge in [-0.2, -0.15) is 0 Å². The third-order valence-corrected chi connectivity index (χ3v) is 2.64. The smallest absolute Gasteiger partial charge is 0.129 e. The minimum atomic E-state index is -0.502. The third kappa shape index (κ3) is 5.10. The van der Waals surface area contributed by atoms with Crippen LogP contribution in [0.2, 0.25) is 0 Å². The number of benzene rings is 1. The van der Waals surface area contributed by atoms with Gasteiger partial charge in [0, 0.05) is 18.7 Å². The molecule has 18 heavy (non-hydrogen) atoms. The predicted molar refractivity (Wildman–Crippen MR) is 68.8 cm³/mol. The second-order valence-corrected chi connectivity index (χ2v) is 4.66. The van der Waals surface area contributed by atoms with Crippen LogP contribution in [0.15, 0.2) is 12.1 Å². The molecule has 0 aliphatic heterocycles. The molecule has 0 unspecified atom stereocenters. The van der Waals surface area contributed by atoms with Crippen LogP contribution < -0.4 is 5.32 Å². The summed E-state index contributed by atoms with van der Waals surface area (Å²) < 4.78 is 31.8. The summed E-state index contributed by atoms with van der Waals surface area (Å²) in [5.41, 5.74) is 0.971. The zero-order chi connectivity index (χ0) is 13.5. The standard InChI is InChI=1S/C14H21F2NO/c1-10(2)17-5-7-18-6-4-12-8-11(3)13(15)9-14(12)16/h8-10,17H,4-7H2,1-3H3. The summed E-state index contributed by atoms with van der Waals surface area (Å²) in [6, 6.07) is 2.91. The molecule has 0 amide bonds. The molecule has 1 rings (SSSR count). The van der Waals surface area contributed by atoms with Gasteiger partial charge in [-0.05, 0) is 24.5 Å². The molecule has 0 spiro atoms. The first-order valence-electron chi connectivity index (χ1n) is 6.26. The number of nitrogens with one attached hydrogen (secondary N) is 1. The Bertz CT molecular complexity index is 380. The highest BCUT2D eigenvalue weighted by molar-refractivity contribution is 5.25. The van der Waals surface area contributed by atoms with E-state index in [-0.39, 0.29) is 0 Å². The van der Waals surface area contributed by atoms with Gasteiger partial charge in [0.1, 0.15) is 11.6 Å². The number of hydrogen-bond donors (Lipinski definition) is 1. The topological polar surface area (TPSA) is 21.3 Å². The van der Waals surface area contributed by atoms with Crippen molar-refractivity contribution in [3.8, 4) is 0 Å². The van der Waals surface area contributed by atoms with Gasteiger partial charge in [-0.3, -0.25) is 0 Å². The molecule has 4 heteroatoms. The Morgan fingerprint density at radius 1 is 1.17 bits per heavy atom. The lowest BCUT2D eigenvalue weighted by atomic mass is 10.1. The van der Waals surface area contributed by atoms with Crippen LogP contribution in [0.5, 0.6) is 0 Å². The van der Waals surface area contributed by atoms with Crippen molar-refractivity contribution in [3.63, 3.8) is 0 Å². The maximum atomic E-state index is 13.4. The van der Waals surface area contributed by atoms with Crippen molar-refractivity contribution in [2.45, 2.75) is 33.2 Å². The fourth-order valence-corrected chi connectivity index (χ4v) is 1.61. The zero-order valence-corrected chi connectivity index (χ0v) is 11.2. The molecule has 0 atom stereocenters. The van der Waals surface area contributed by atoms with E-state index in [9.17, 15) is 8.78 Å². The molecule has 0 fully saturated rings. The Labute approximate surface area is 107 Å². The molecule has 0 heterocycles. The van der Waals surface area contributed by atoms with Gasteiger partial charge in [-0.1, -0.05) is 19.9 Å². The normalized spacial score (nSPS) is 11.2. The van der Waals surface area contributed by atoms with E-state index >= 15 is 0 Å². The van der Waals surface area contributed by atoms with E-state index in [1.807, 2.05) is 0 Å². The first-order valence-corrected chi connectivity index (χ1v) is 6.26. The van der Waals surface area contributed by atoms with Gasteiger partial charge in [0.05, 0.1) is 13.2 Å². The van der Waals surface area contributed by atoms with Crippen molar-refractivity contribution in [1.29, 1.82) is 0 Å². The molecule has 102 valence electrons. The van der Waals surface area contributed by atoms with E-state index < -0.39 is 11.6 Å². The fraction of sp³-hybridized carbons (Fsp3) is 0.571. The lowest BCUT2D eigenvalue weighted by Crippen LogP contribution is -2.26. The second-order valence-electron chi connectivity index (χ2n) is 4.66. The lowest BCUT2D eigenvalue weighted by Gasteiger charge is -2.09. The minimum Gasteiger partial charge on any atom is -0.380 e. The Morgan fingerprint density at radius 3 is 2.56 bits per heavy atom. The van der Waals surface area contributed by atoms with Gasteiger partial charge in [-0.15, -0.1) is 0 Å². The summed E-state index contributed by atoms with van der Waals surface area (Å²) in [4.78, 5) is 0. The Kier molecular flexibility index (Phi) is 6.22. The summed E-state index contributed by atoms with van der Waals surface area (Å²) in [5.74, 6) is -1.000. The van der Waals surface area contributed by atoms with Crippen molar-refractivity contribution in [1.82, 2.24) is 5.32 Å². The van der Waals surface area contributed by atoms with Gasteiger partial charge in [-0.25, -0.2) is 8.78 Å². The summed E-state index contributed by atoms with van der Waals surface area (Å²) in [6.07, 6.45) is 0.467. The summed E-state index contributed by atoms with van der Waals surface area (Å²) in [7, 11) is 0. The van der Waals surface area contributed by atoms with E-state index in [0.29, 0.717) is 36.8 Å². The van der Waals surface area contributed by atoms with Crippen molar-refractivity contribution >= 4 is 0 Å².